The van der Waals surface area contributed by atoms with Crippen LogP contribution in [-0.2, 0) is 14.1 Å². The van der Waals surface area contributed by atoms with Crippen molar-refractivity contribution in [3.8, 4) is 0 Å². The van der Waals surface area contributed by atoms with E-state index in [0.717, 1.165) is 4.57 Å². The number of rotatable bonds is 3. The Morgan fingerprint density at radius 1 is 1.21 bits per heavy atom. The Bertz CT molecular complexity index is 942. The number of carbonyl (C=O) groups excluding carboxylic acids is 1. The summed E-state index contributed by atoms with van der Waals surface area (Å²) in [6, 6.07) is 7.13. The third kappa shape index (κ3) is 2.34. The van der Waals surface area contributed by atoms with Gasteiger partial charge in [0, 0.05) is 32.5 Å². The molecule has 1 amide bonds. The number of carbonyl (C=O) groups is 1. The summed E-state index contributed by atoms with van der Waals surface area (Å²) in [4.78, 5) is 38.8. The minimum atomic E-state index is -0.670. The maximum atomic E-state index is 12.8. The molecule has 0 aliphatic carbocycles. The van der Waals surface area contributed by atoms with E-state index in [1.807, 2.05) is 6.07 Å². The molecule has 1 N–H and O–H groups in total. The number of benzene rings is 1. The van der Waals surface area contributed by atoms with Crippen LogP contribution in [0.2, 0.25) is 0 Å². The Balaban J connectivity index is 2.20. The molecule has 1 atom stereocenters. The van der Waals surface area contributed by atoms with E-state index < -0.39 is 17.4 Å². The summed E-state index contributed by atoms with van der Waals surface area (Å²) < 4.78 is 2.36. The molecule has 2 aromatic rings. The standard InChI is InChI=1S/C17H18N4O3/c1-4-9-21-14(12-10-19(2)17(24)20(3)15(12)22)18-13-8-6-5-7-11(13)16(21)23/h4-8,10,14,18H,1,9H2,2-3H3/t14-/m0/s1. The number of aryl methyl sites for hydroxylation is 1. The van der Waals surface area contributed by atoms with Crippen LogP contribution in [0.25, 0.3) is 0 Å². The van der Waals surface area contributed by atoms with E-state index in [4.69, 9.17) is 0 Å². The van der Waals surface area contributed by atoms with Crippen molar-refractivity contribution in [1.29, 1.82) is 0 Å². The second kappa shape index (κ2) is 5.84. The van der Waals surface area contributed by atoms with Crippen LogP contribution in [0.5, 0.6) is 0 Å². The minimum Gasteiger partial charge on any atom is -0.361 e. The molecular formula is C17H18N4O3. The number of fused-ring (bicyclic) bond motifs is 1. The van der Waals surface area contributed by atoms with Crippen molar-refractivity contribution < 1.29 is 4.79 Å². The van der Waals surface area contributed by atoms with Gasteiger partial charge < -0.3 is 14.8 Å². The van der Waals surface area contributed by atoms with Crippen LogP contribution in [0, 0.1) is 0 Å². The van der Waals surface area contributed by atoms with Gasteiger partial charge in [0.25, 0.3) is 11.5 Å². The Morgan fingerprint density at radius 2 is 1.92 bits per heavy atom. The number of para-hydroxylation sites is 1. The van der Waals surface area contributed by atoms with Crippen molar-refractivity contribution in [1.82, 2.24) is 14.0 Å². The van der Waals surface area contributed by atoms with Crippen molar-refractivity contribution >= 4 is 11.6 Å². The number of anilines is 1. The van der Waals surface area contributed by atoms with Crippen LogP contribution < -0.4 is 16.6 Å². The summed E-state index contributed by atoms with van der Waals surface area (Å²) >= 11 is 0. The van der Waals surface area contributed by atoms with E-state index in [2.05, 4.69) is 11.9 Å². The molecule has 1 aliphatic heterocycles. The second-order valence-corrected chi connectivity index (χ2v) is 5.68. The highest BCUT2D eigenvalue weighted by atomic mass is 16.2. The molecule has 0 radical (unpaired) electrons. The summed E-state index contributed by atoms with van der Waals surface area (Å²) in [5.74, 6) is -0.190. The lowest BCUT2D eigenvalue weighted by molar-refractivity contribution is 0.0705. The highest BCUT2D eigenvalue weighted by Gasteiger charge is 2.34. The van der Waals surface area contributed by atoms with Crippen molar-refractivity contribution in [2.45, 2.75) is 6.17 Å². The summed E-state index contributed by atoms with van der Waals surface area (Å²) in [6.45, 7) is 3.96. The van der Waals surface area contributed by atoms with Gasteiger partial charge in [-0.3, -0.25) is 14.2 Å². The molecule has 0 spiro atoms. The first-order valence-electron chi connectivity index (χ1n) is 7.49. The smallest absolute Gasteiger partial charge is 0.330 e. The van der Waals surface area contributed by atoms with Crippen molar-refractivity contribution in [3.63, 3.8) is 0 Å². The van der Waals surface area contributed by atoms with Gasteiger partial charge in [-0.2, -0.15) is 0 Å². The third-order valence-corrected chi connectivity index (χ3v) is 4.12. The van der Waals surface area contributed by atoms with E-state index >= 15 is 0 Å². The topological polar surface area (TPSA) is 76.3 Å². The van der Waals surface area contributed by atoms with Crippen molar-refractivity contribution in [2.75, 3.05) is 11.9 Å². The molecule has 7 heteroatoms. The van der Waals surface area contributed by atoms with E-state index in [-0.39, 0.29) is 12.5 Å². The Morgan fingerprint density at radius 3 is 2.62 bits per heavy atom. The summed E-state index contributed by atoms with van der Waals surface area (Å²) in [6.07, 6.45) is 2.41. The molecule has 2 heterocycles. The minimum absolute atomic E-state index is 0.190. The molecule has 124 valence electrons. The highest BCUT2D eigenvalue weighted by Crippen LogP contribution is 2.31. The van der Waals surface area contributed by atoms with Gasteiger partial charge in [0.2, 0.25) is 0 Å². The fraction of sp³-hybridized carbons (Fsp3) is 0.235. The van der Waals surface area contributed by atoms with Crippen molar-refractivity contribution in [3.05, 3.63) is 75.1 Å². The third-order valence-electron chi connectivity index (χ3n) is 4.12. The van der Waals surface area contributed by atoms with Gasteiger partial charge in [-0.25, -0.2) is 4.79 Å². The molecule has 1 aromatic carbocycles. The van der Waals surface area contributed by atoms with Gasteiger partial charge in [0.05, 0.1) is 11.1 Å². The van der Waals surface area contributed by atoms with Crippen LogP contribution in [-0.4, -0.2) is 26.5 Å². The van der Waals surface area contributed by atoms with Gasteiger partial charge in [0.1, 0.15) is 6.17 Å². The zero-order chi connectivity index (χ0) is 17.4. The van der Waals surface area contributed by atoms with E-state index in [9.17, 15) is 14.4 Å². The first-order valence-corrected chi connectivity index (χ1v) is 7.49. The number of aromatic nitrogens is 2. The highest BCUT2D eigenvalue weighted by molar-refractivity contribution is 6.01. The molecule has 0 fully saturated rings. The number of nitrogens with zero attached hydrogens (tertiary/aromatic N) is 3. The predicted molar refractivity (Wildman–Crippen MR) is 91.0 cm³/mol. The first-order chi connectivity index (χ1) is 11.5. The molecule has 3 rings (SSSR count). The average Bonchev–Trinajstić information content (AvgIpc) is 2.59. The van der Waals surface area contributed by atoms with Crippen LogP contribution in [0.3, 0.4) is 0 Å². The van der Waals surface area contributed by atoms with Gasteiger partial charge in [0.15, 0.2) is 0 Å². The SMILES string of the molecule is C=CCN1C(=O)c2ccccc2N[C@@H]1c1cn(C)c(=O)n(C)c1=O. The normalized spacial score (nSPS) is 16.5. The number of hydrogen-bond donors (Lipinski definition) is 1. The molecule has 0 unspecified atom stereocenters. The van der Waals surface area contributed by atoms with Gasteiger partial charge in [-0.1, -0.05) is 18.2 Å². The number of amides is 1. The van der Waals surface area contributed by atoms with Crippen LogP contribution >= 0.6 is 0 Å². The lowest BCUT2D eigenvalue weighted by Gasteiger charge is -2.37. The maximum Gasteiger partial charge on any atom is 0.330 e. The maximum absolute atomic E-state index is 12.8. The molecule has 0 saturated carbocycles. The second-order valence-electron chi connectivity index (χ2n) is 5.68. The first kappa shape index (κ1) is 15.8. The summed E-state index contributed by atoms with van der Waals surface area (Å²) in [5, 5.41) is 3.22. The molecule has 0 saturated heterocycles. The van der Waals surface area contributed by atoms with Crippen LogP contribution in [0.15, 0.2) is 52.7 Å². The van der Waals surface area contributed by atoms with Crippen molar-refractivity contribution in [2.24, 2.45) is 14.1 Å². The Hall–Kier alpha value is -3.09. The average molecular weight is 326 g/mol. The molecular weight excluding hydrogens is 308 g/mol. The van der Waals surface area contributed by atoms with Gasteiger partial charge in [-0.15, -0.1) is 6.58 Å². The lowest BCUT2D eigenvalue weighted by atomic mass is 10.0. The summed E-state index contributed by atoms with van der Waals surface area (Å²) in [7, 11) is 2.99. The molecule has 1 aromatic heterocycles. The number of nitrogens with one attached hydrogen (secondary N) is 1. The Labute approximate surface area is 138 Å². The van der Waals surface area contributed by atoms with Crippen LogP contribution in [0.4, 0.5) is 5.69 Å². The molecule has 0 bridgehead atoms. The number of hydrogen-bond acceptors (Lipinski definition) is 4. The predicted octanol–water partition coefficient (Wildman–Crippen LogP) is 0.837. The fourth-order valence-electron chi connectivity index (χ4n) is 2.89. The van der Waals surface area contributed by atoms with E-state index in [0.29, 0.717) is 16.8 Å². The molecule has 1 aliphatic rings. The van der Waals surface area contributed by atoms with E-state index in [1.165, 1.54) is 22.7 Å². The zero-order valence-electron chi connectivity index (χ0n) is 13.5. The monoisotopic (exact) mass is 326 g/mol. The van der Waals surface area contributed by atoms with Gasteiger partial charge in [-0.05, 0) is 12.1 Å². The molecule has 7 nitrogen and oxygen atoms in total. The van der Waals surface area contributed by atoms with Gasteiger partial charge >= 0.3 is 5.69 Å². The zero-order valence-corrected chi connectivity index (χ0v) is 13.5. The Kier molecular flexibility index (Phi) is 3.84. The molecule has 24 heavy (non-hydrogen) atoms. The quantitative estimate of drug-likeness (QED) is 0.848. The lowest BCUT2D eigenvalue weighted by Crippen LogP contribution is -2.48. The largest absolute Gasteiger partial charge is 0.361 e. The van der Waals surface area contributed by atoms with E-state index in [1.54, 1.807) is 31.3 Å². The fourth-order valence-corrected chi connectivity index (χ4v) is 2.89. The van der Waals surface area contributed by atoms with Crippen LogP contribution in [0.1, 0.15) is 22.1 Å². The summed E-state index contributed by atoms with van der Waals surface area (Å²) in [5.41, 5.74) is 0.670.